The highest BCUT2D eigenvalue weighted by molar-refractivity contribution is 6.41. The Bertz CT molecular complexity index is 1270. The lowest BCUT2D eigenvalue weighted by atomic mass is 10.1. The van der Waals surface area contributed by atoms with Crippen LogP contribution in [0.1, 0.15) is 54.4 Å². The summed E-state index contributed by atoms with van der Waals surface area (Å²) in [5, 5.41) is 3.63. The second-order valence-electron chi connectivity index (χ2n) is 10.8. The van der Waals surface area contributed by atoms with Crippen molar-refractivity contribution in [3.8, 4) is 11.5 Å². The Morgan fingerprint density at radius 1 is 0.756 bits per heavy atom. The normalized spacial score (nSPS) is 11.3. The summed E-state index contributed by atoms with van der Waals surface area (Å²) >= 11 is 18.1. The second kappa shape index (κ2) is 16.0. The van der Waals surface area contributed by atoms with Gasteiger partial charge >= 0.3 is 5.97 Å². The summed E-state index contributed by atoms with van der Waals surface area (Å²) in [5.74, 6) is 0.470. The van der Waals surface area contributed by atoms with Gasteiger partial charge in [0.15, 0.2) is 0 Å². The molecule has 0 unspecified atom stereocenters. The first-order valence-electron chi connectivity index (χ1n) is 13.8. The van der Waals surface area contributed by atoms with Gasteiger partial charge in [-0.3, -0.25) is 9.28 Å². The summed E-state index contributed by atoms with van der Waals surface area (Å²) < 4.78 is 11.9. The molecule has 0 atom stereocenters. The Morgan fingerprint density at radius 3 is 1.93 bits per heavy atom. The summed E-state index contributed by atoms with van der Waals surface area (Å²) in [7, 11) is 6.37. The lowest BCUT2D eigenvalue weighted by Crippen LogP contribution is -2.34. The van der Waals surface area contributed by atoms with E-state index in [1.54, 1.807) is 24.3 Å². The van der Waals surface area contributed by atoms with Crippen LogP contribution in [0.25, 0.3) is 0 Å². The number of unbranched alkanes of at least 4 members (excludes halogenated alkanes) is 5. The van der Waals surface area contributed by atoms with Crippen molar-refractivity contribution in [1.82, 2.24) is 9.80 Å². The number of benzene rings is 3. The van der Waals surface area contributed by atoms with E-state index in [0.29, 0.717) is 36.1 Å². The third-order valence-electron chi connectivity index (χ3n) is 6.48. The summed E-state index contributed by atoms with van der Waals surface area (Å²) in [5.41, 5.74) is 2.31. The molecule has 0 fully saturated rings. The summed E-state index contributed by atoms with van der Waals surface area (Å²) in [4.78, 5) is 24.7. The van der Waals surface area contributed by atoms with Crippen molar-refractivity contribution < 1.29 is 19.1 Å². The summed E-state index contributed by atoms with van der Waals surface area (Å²) in [6.45, 7) is 1.32. The minimum Gasteiger partial charge on any atom is -0.494 e. The highest BCUT2D eigenvalue weighted by Gasteiger charge is 2.18. The zero-order valence-corrected chi connectivity index (χ0v) is 26.1. The molecule has 0 aliphatic carbocycles. The van der Waals surface area contributed by atoms with Crippen LogP contribution in [-0.4, -0.2) is 46.2 Å². The quantitative estimate of drug-likeness (QED) is 0.0806. The molecule has 0 saturated carbocycles. The number of carbonyl (C=O) groups excluding carboxylic acids is 2. The number of nitrogens with one attached hydrogen (secondary N) is 1. The first-order chi connectivity index (χ1) is 19.5. The average molecular weight is 621 g/mol. The van der Waals surface area contributed by atoms with Crippen molar-refractivity contribution >= 4 is 52.4 Å². The molecule has 0 aliphatic heterocycles. The van der Waals surface area contributed by atoms with Gasteiger partial charge in [-0.25, -0.2) is 4.79 Å². The molecular formula is C32H38Cl3N2O4+. The van der Waals surface area contributed by atoms with E-state index in [0.717, 1.165) is 48.6 Å². The van der Waals surface area contributed by atoms with Crippen LogP contribution in [0.15, 0.2) is 60.7 Å². The van der Waals surface area contributed by atoms with Gasteiger partial charge in [0, 0.05) is 11.6 Å². The molecule has 0 aliphatic rings. The molecule has 3 aromatic rings. The van der Waals surface area contributed by atoms with Gasteiger partial charge < -0.3 is 14.8 Å². The van der Waals surface area contributed by atoms with Crippen LogP contribution in [0.4, 0.5) is 5.69 Å². The predicted molar refractivity (Wildman–Crippen MR) is 169 cm³/mol. The van der Waals surface area contributed by atoms with Gasteiger partial charge in [0.1, 0.15) is 17.2 Å². The Kier molecular flexibility index (Phi) is 12.8. The SMILES string of the molecule is C[N+](C)(C)c1ccc(CC(=O)NCCCCCCCCOc2ccc(OC(=O)c3c(Cl)cc(Cl)cc3Cl)cc2)cc1. The second-order valence-corrected chi connectivity index (χ2v) is 12.0. The lowest BCUT2D eigenvalue weighted by Gasteiger charge is -2.23. The van der Waals surface area contributed by atoms with Gasteiger partial charge in [-0.05, 0) is 66.9 Å². The fourth-order valence-electron chi connectivity index (χ4n) is 4.16. The van der Waals surface area contributed by atoms with Gasteiger partial charge in [0.25, 0.3) is 0 Å². The van der Waals surface area contributed by atoms with E-state index in [9.17, 15) is 9.59 Å². The molecule has 3 aromatic carbocycles. The number of quaternary nitrogens is 1. The zero-order chi connectivity index (χ0) is 29.8. The first-order valence-corrected chi connectivity index (χ1v) is 14.9. The molecule has 6 nitrogen and oxygen atoms in total. The van der Waals surface area contributed by atoms with Crippen molar-refractivity contribution in [2.24, 2.45) is 0 Å². The predicted octanol–water partition coefficient (Wildman–Crippen LogP) is 8.14. The van der Waals surface area contributed by atoms with Crippen molar-refractivity contribution in [1.29, 1.82) is 0 Å². The maximum Gasteiger partial charge on any atom is 0.346 e. The highest BCUT2D eigenvalue weighted by Crippen LogP contribution is 2.30. The van der Waals surface area contributed by atoms with Crippen molar-refractivity contribution in [3.05, 3.63) is 86.9 Å². The molecule has 0 heterocycles. The Balaban J connectivity index is 1.22. The Labute approximate surface area is 258 Å². The first kappa shape index (κ1) is 32.7. The molecule has 9 heteroatoms. The number of carbonyl (C=O) groups is 2. The smallest absolute Gasteiger partial charge is 0.346 e. The molecule has 1 amide bonds. The van der Waals surface area contributed by atoms with E-state index in [1.165, 1.54) is 17.8 Å². The molecule has 1 N–H and O–H groups in total. The summed E-state index contributed by atoms with van der Waals surface area (Å²) in [6, 6.07) is 17.9. The topological polar surface area (TPSA) is 64.6 Å². The molecule has 0 bridgehead atoms. The number of ether oxygens (including phenoxy) is 2. The van der Waals surface area contributed by atoms with Crippen molar-refractivity contribution in [2.75, 3.05) is 34.3 Å². The standard InChI is InChI=1S/C32H37Cl3N2O4/c1-37(2,3)25-12-10-23(11-13-25)20-30(38)36-18-8-6-4-5-7-9-19-40-26-14-16-27(17-15-26)41-32(39)31-28(34)21-24(33)22-29(31)35/h10-17,21-22H,4-9,18-20H2,1-3H3/p+1. The molecule has 0 aromatic heterocycles. The third kappa shape index (κ3) is 11.2. The van der Waals surface area contributed by atoms with Crippen LogP contribution in [0.2, 0.25) is 15.1 Å². The molecule has 0 spiro atoms. The van der Waals surface area contributed by atoms with Gasteiger partial charge in [0.05, 0.1) is 49.8 Å². The molecule has 3 rings (SSSR count). The maximum atomic E-state index is 12.5. The van der Waals surface area contributed by atoms with E-state index < -0.39 is 5.97 Å². The van der Waals surface area contributed by atoms with E-state index in [2.05, 4.69) is 38.6 Å². The lowest BCUT2D eigenvalue weighted by molar-refractivity contribution is -0.120. The molecule has 41 heavy (non-hydrogen) atoms. The summed E-state index contributed by atoms with van der Waals surface area (Å²) in [6.07, 6.45) is 6.77. The van der Waals surface area contributed by atoms with Crippen molar-refractivity contribution in [2.45, 2.75) is 44.9 Å². The number of nitrogens with zero attached hydrogens (tertiary/aromatic N) is 1. The zero-order valence-electron chi connectivity index (χ0n) is 23.9. The molecule has 220 valence electrons. The van der Waals surface area contributed by atoms with Crippen LogP contribution in [0.3, 0.4) is 0 Å². The minimum atomic E-state index is -0.658. The van der Waals surface area contributed by atoms with Crippen LogP contribution < -0.4 is 19.3 Å². The number of hydrogen-bond donors (Lipinski definition) is 1. The van der Waals surface area contributed by atoms with Gasteiger partial charge in [-0.1, -0.05) is 72.6 Å². The highest BCUT2D eigenvalue weighted by atomic mass is 35.5. The Morgan fingerprint density at radius 2 is 1.32 bits per heavy atom. The Hall–Kier alpha value is -2.77. The molecule has 0 saturated heterocycles. The van der Waals surface area contributed by atoms with Gasteiger partial charge in [-0.15, -0.1) is 0 Å². The number of amides is 1. The van der Waals surface area contributed by atoms with Crippen molar-refractivity contribution in [3.63, 3.8) is 0 Å². The van der Waals surface area contributed by atoms with Crippen LogP contribution in [-0.2, 0) is 11.2 Å². The molecular weight excluding hydrogens is 583 g/mol. The van der Waals surface area contributed by atoms with Crippen LogP contribution in [0, 0.1) is 0 Å². The average Bonchev–Trinajstić information content (AvgIpc) is 2.90. The van der Waals surface area contributed by atoms with Crippen LogP contribution >= 0.6 is 34.8 Å². The fourth-order valence-corrected chi connectivity index (χ4v) is 5.13. The monoisotopic (exact) mass is 619 g/mol. The fraction of sp³-hybridized carbons (Fsp3) is 0.375. The maximum absolute atomic E-state index is 12.5. The largest absolute Gasteiger partial charge is 0.494 e. The van der Waals surface area contributed by atoms with E-state index in [-0.39, 0.29) is 21.5 Å². The van der Waals surface area contributed by atoms with Gasteiger partial charge in [-0.2, -0.15) is 0 Å². The van der Waals surface area contributed by atoms with Gasteiger partial charge in [0.2, 0.25) is 5.91 Å². The molecule has 0 radical (unpaired) electrons. The van der Waals surface area contributed by atoms with E-state index >= 15 is 0 Å². The number of rotatable bonds is 15. The van der Waals surface area contributed by atoms with E-state index in [4.69, 9.17) is 44.3 Å². The van der Waals surface area contributed by atoms with E-state index in [1.807, 2.05) is 12.1 Å². The number of hydrogen-bond acceptors (Lipinski definition) is 4. The number of halogens is 3. The number of esters is 1. The van der Waals surface area contributed by atoms with Crippen LogP contribution in [0.5, 0.6) is 11.5 Å². The third-order valence-corrected chi connectivity index (χ3v) is 7.30. The minimum absolute atomic E-state index is 0.0696.